The van der Waals surface area contributed by atoms with E-state index in [1.165, 1.54) is 12.4 Å². The molecular weight excluding hydrogens is 194 g/mol. The highest BCUT2D eigenvalue weighted by molar-refractivity contribution is 5.54. The molecule has 7 heteroatoms. The van der Waals surface area contributed by atoms with E-state index in [-0.39, 0.29) is 18.2 Å². The van der Waals surface area contributed by atoms with Crippen molar-refractivity contribution in [3.63, 3.8) is 0 Å². The summed E-state index contributed by atoms with van der Waals surface area (Å²) in [4.78, 5) is 7.44. The number of alkyl halides is 2. The van der Waals surface area contributed by atoms with Gasteiger partial charge in [-0.25, -0.2) is 18.7 Å². The number of aromatic nitrogens is 2. The van der Waals surface area contributed by atoms with Crippen molar-refractivity contribution >= 4 is 11.6 Å². The van der Waals surface area contributed by atoms with E-state index in [9.17, 15) is 8.78 Å². The van der Waals surface area contributed by atoms with Crippen LogP contribution < -0.4 is 11.1 Å². The van der Waals surface area contributed by atoms with Crippen LogP contribution in [0.4, 0.5) is 20.4 Å². The van der Waals surface area contributed by atoms with E-state index in [4.69, 9.17) is 10.8 Å². The fourth-order valence-electron chi connectivity index (χ4n) is 0.775. The Bertz CT molecular complexity index is 297. The molecule has 0 radical (unpaired) electrons. The molecule has 0 saturated heterocycles. The maximum absolute atomic E-state index is 11.9. The predicted octanol–water partition coefficient (Wildman–Crippen LogP) is 0.0967. The van der Waals surface area contributed by atoms with Crippen LogP contribution in [0.2, 0.25) is 0 Å². The summed E-state index contributed by atoms with van der Waals surface area (Å²) in [5, 5.41) is 11.2. The molecule has 0 amide bonds. The molecule has 0 aromatic carbocycles. The lowest BCUT2D eigenvalue weighted by Crippen LogP contribution is -2.27. The molecule has 1 aromatic rings. The van der Waals surface area contributed by atoms with Gasteiger partial charge in [0.05, 0.1) is 0 Å². The Morgan fingerprint density at radius 3 is 2.64 bits per heavy atom. The average Bonchev–Trinajstić information content (AvgIpc) is 2.16. The Morgan fingerprint density at radius 1 is 1.43 bits per heavy atom. The monoisotopic (exact) mass is 204 g/mol. The lowest BCUT2D eigenvalue weighted by Gasteiger charge is -2.11. The zero-order valence-corrected chi connectivity index (χ0v) is 7.19. The average molecular weight is 204 g/mol. The van der Waals surface area contributed by atoms with Gasteiger partial charge in [0.1, 0.15) is 6.10 Å². The number of nitrogen functional groups attached to an aromatic ring is 1. The van der Waals surface area contributed by atoms with Gasteiger partial charge in [0.25, 0.3) is 6.43 Å². The third-order valence-electron chi connectivity index (χ3n) is 1.50. The predicted molar refractivity (Wildman–Crippen MR) is 46.9 cm³/mol. The van der Waals surface area contributed by atoms with Crippen LogP contribution in [0.25, 0.3) is 0 Å². The molecule has 78 valence electrons. The van der Waals surface area contributed by atoms with Crippen LogP contribution in [0, 0.1) is 0 Å². The lowest BCUT2D eigenvalue weighted by atomic mass is 10.3. The van der Waals surface area contributed by atoms with Gasteiger partial charge in [-0.2, -0.15) is 0 Å². The number of nitrogens with two attached hydrogens (primary N) is 1. The number of hydrogen-bond donors (Lipinski definition) is 3. The van der Waals surface area contributed by atoms with Crippen molar-refractivity contribution in [3.8, 4) is 0 Å². The van der Waals surface area contributed by atoms with Crippen LogP contribution >= 0.6 is 0 Å². The van der Waals surface area contributed by atoms with Gasteiger partial charge in [0.15, 0.2) is 11.6 Å². The van der Waals surface area contributed by atoms with E-state index in [1.54, 1.807) is 0 Å². The summed E-state index contributed by atoms with van der Waals surface area (Å²) < 4.78 is 23.7. The topological polar surface area (TPSA) is 84.1 Å². The molecule has 0 bridgehead atoms. The molecule has 1 atom stereocenters. The van der Waals surface area contributed by atoms with Crippen molar-refractivity contribution in [2.45, 2.75) is 12.5 Å². The minimum Gasteiger partial charge on any atom is -0.385 e. The minimum atomic E-state index is -2.79. The second-order valence-corrected chi connectivity index (χ2v) is 2.57. The maximum Gasteiger partial charge on any atom is 0.265 e. The van der Waals surface area contributed by atoms with Crippen molar-refractivity contribution in [1.82, 2.24) is 9.97 Å². The first-order chi connectivity index (χ1) is 6.61. The number of aliphatic hydroxyl groups is 1. The summed E-state index contributed by atoms with van der Waals surface area (Å²) in [6.07, 6.45) is -1.78. The van der Waals surface area contributed by atoms with Crippen molar-refractivity contribution in [2.75, 3.05) is 17.6 Å². The van der Waals surface area contributed by atoms with E-state index < -0.39 is 12.5 Å². The Hall–Kier alpha value is -1.50. The van der Waals surface area contributed by atoms with Crippen molar-refractivity contribution in [1.29, 1.82) is 0 Å². The normalized spacial score (nSPS) is 12.9. The quantitative estimate of drug-likeness (QED) is 0.647. The minimum absolute atomic E-state index is 0.106. The summed E-state index contributed by atoms with van der Waals surface area (Å²) in [5.74, 6) is 0.293. The Labute approximate surface area is 79.0 Å². The number of anilines is 2. The molecule has 0 fully saturated rings. The molecular formula is C7H10F2N4O. The fraction of sp³-hybridized carbons (Fsp3) is 0.429. The van der Waals surface area contributed by atoms with Gasteiger partial charge in [-0.1, -0.05) is 0 Å². The van der Waals surface area contributed by atoms with Gasteiger partial charge in [-0.05, 0) is 0 Å². The third kappa shape index (κ3) is 2.77. The molecule has 5 nitrogen and oxygen atoms in total. The SMILES string of the molecule is Nc1nccnc1NCC(O)C(F)F. The molecule has 1 aromatic heterocycles. The fourth-order valence-corrected chi connectivity index (χ4v) is 0.775. The van der Waals surface area contributed by atoms with Crippen LogP contribution in [0.1, 0.15) is 0 Å². The van der Waals surface area contributed by atoms with Crippen LogP contribution in [-0.4, -0.2) is 34.1 Å². The Morgan fingerprint density at radius 2 is 2.07 bits per heavy atom. The number of halogens is 2. The van der Waals surface area contributed by atoms with Gasteiger partial charge < -0.3 is 16.2 Å². The zero-order valence-electron chi connectivity index (χ0n) is 7.19. The summed E-state index contributed by atoms with van der Waals surface area (Å²) in [7, 11) is 0. The van der Waals surface area contributed by atoms with Crippen molar-refractivity contribution in [2.24, 2.45) is 0 Å². The molecule has 0 saturated carbocycles. The standard InChI is InChI=1S/C7H10F2N4O/c8-5(9)4(14)3-13-7-6(10)11-1-2-12-7/h1-2,4-5,14H,3H2,(H2,10,11)(H,12,13). The number of hydrogen-bond acceptors (Lipinski definition) is 5. The maximum atomic E-state index is 11.9. The Kier molecular flexibility index (Phi) is 3.52. The number of aliphatic hydroxyl groups excluding tert-OH is 1. The summed E-state index contributed by atoms with van der Waals surface area (Å²) in [5.41, 5.74) is 5.38. The molecule has 1 unspecified atom stereocenters. The second kappa shape index (κ2) is 4.66. The highest BCUT2D eigenvalue weighted by Crippen LogP contribution is 2.10. The first kappa shape index (κ1) is 10.6. The van der Waals surface area contributed by atoms with E-state index in [2.05, 4.69) is 15.3 Å². The van der Waals surface area contributed by atoms with Crippen molar-refractivity contribution in [3.05, 3.63) is 12.4 Å². The summed E-state index contributed by atoms with van der Waals surface area (Å²) >= 11 is 0. The van der Waals surface area contributed by atoms with Crippen LogP contribution in [0.15, 0.2) is 12.4 Å². The molecule has 0 spiro atoms. The molecule has 0 aliphatic heterocycles. The number of nitrogens with zero attached hydrogens (tertiary/aromatic N) is 2. The van der Waals surface area contributed by atoms with Gasteiger partial charge in [0, 0.05) is 18.9 Å². The van der Waals surface area contributed by atoms with Gasteiger partial charge in [-0.3, -0.25) is 0 Å². The summed E-state index contributed by atoms with van der Waals surface area (Å²) in [6, 6.07) is 0. The van der Waals surface area contributed by atoms with Crippen LogP contribution in [0.3, 0.4) is 0 Å². The van der Waals surface area contributed by atoms with Gasteiger partial charge in [0.2, 0.25) is 0 Å². The van der Waals surface area contributed by atoms with Crippen LogP contribution in [0.5, 0.6) is 0 Å². The first-order valence-corrected chi connectivity index (χ1v) is 3.88. The molecule has 4 N–H and O–H groups in total. The van der Waals surface area contributed by atoms with E-state index >= 15 is 0 Å². The van der Waals surface area contributed by atoms with Gasteiger partial charge in [-0.15, -0.1) is 0 Å². The molecule has 14 heavy (non-hydrogen) atoms. The molecule has 1 rings (SSSR count). The number of rotatable bonds is 4. The largest absolute Gasteiger partial charge is 0.385 e. The zero-order chi connectivity index (χ0) is 10.6. The summed E-state index contributed by atoms with van der Waals surface area (Å²) in [6.45, 7) is -0.319. The van der Waals surface area contributed by atoms with Crippen molar-refractivity contribution < 1.29 is 13.9 Å². The molecule has 1 heterocycles. The smallest absolute Gasteiger partial charge is 0.265 e. The highest BCUT2D eigenvalue weighted by atomic mass is 19.3. The molecule has 0 aliphatic rings. The van der Waals surface area contributed by atoms with Crippen LogP contribution in [-0.2, 0) is 0 Å². The van der Waals surface area contributed by atoms with E-state index in [0.29, 0.717) is 0 Å². The number of nitrogens with one attached hydrogen (secondary N) is 1. The van der Waals surface area contributed by atoms with Gasteiger partial charge >= 0.3 is 0 Å². The second-order valence-electron chi connectivity index (χ2n) is 2.57. The molecule has 0 aliphatic carbocycles. The van der Waals surface area contributed by atoms with E-state index in [1.807, 2.05) is 0 Å². The highest BCUT2D eigenvalue weighted by Gasteiger charge is 2.16. The van der Waals surface area contributed by atoms with E-state index in [0.717, 1.165) is 0 Å². The first-order valence-electron chi connectivity index (χ1n) is 3.88. The Balaban J connectivity index is 2.50. The lowest BCUT2D eigenvalue weighted by molar-refractivity contribution is 0.00381. The third-order valence-corrected chi connectivity index (χ3v) is 1.50.